The zero-order valence-corrected chi connectivity index (χ0v) is 20.7. The summed E-state index contributed by atoms with van der Waals surface area (Å²) < 4.78 is 17.7. The molecule has 184 valence electrons. The Kier molecular flexibility index (Phi) is 6.81. The number of aromatic nitrogens is 1. The third-order valence-corrected chi connectivity index (χ3v) is 6.60. The number of halogens is 1. The minimum Gasteiger partial charge on any atom is -0.459 e. The topological polar surface area (TPSA) is 77.6 Å². The quantitative estimate of drug-likeness (QED) is 0.310. The number of rotatable bonds is 6. The lowest BCUT2D eigenvalue weighted by molar-refractivity contribution is -0.0432. The number of fused-ring (bicyclic) bond motifs is 1. The molecule has 0 spiro atoms. The van der Waals surface area contributed by atoms with Gasteiger partial charge in [-0.1, -0.05) is 53.1 Å². The molecule has 36 heavy (non-hydrogen) atoms. The molecular weight excluding hydrogens is 478 g/mol. The standard InChI is InChI=1S/C29H26ClNO5/c1-17-3-7-19(8-4-17)28(32)34-16-27-26(36-29(33)20-9-5-18(2)6-10-20)15-25(35-27)24-13-21-11-12-22(30)14-23(21)31-24/h3-14,25-27,31H,15-16H2,1-2H3/t25-,26+,27-/m1/s1. The van der Waals surface area contributed by atoms with Crippen molar-refractivity contribution in [1.82, 2.24) is 4.98 Å². The number of ether oxygens (including phenoxy) is 3. The van der Waals surface area contributed by atoms with Crippen molar-refractivity contribution in [2.24, 2.45) is 0 Å². The van der Waals surface area contributed by atoms with Crippen molar-refractivity contribution in [1.29, 1.82) is 0 Å². The molecule has 3 atom stereocenters. The van der Waals surface area contributed by atoms with Gasteiger partial charge in [0.15, 0.2) is 0 Å². The molecule has 1 N–H and O–H groups in total. The van der Waals surface area contributed by atoms with Crippen LogP contribution in [0.4, 0.5) is 0 Å². The minimum absolute atomic E-state index is 0.0406. The van der Waals surface area contributed by atoms with Crippen LogP contribution in [0.1, 0.15) is 50.1 Å². The molecule has 0 saturated carbocycles. The van der Waals surface area contributed by atoms with Crippen LogP contribution in [-0.2, 0) is 14.2 Å². The summed E-state index contributed by atoms with van der Waals surface area (Å²) in [6, 6.07) is 22.0. The van der Waals surface area contributed by atoms with Gasteiger partial charge in [-0.15, -0.1) is 0 Å². The van der Waals surface area contributed by atoms with E-state index in [-0.39, 0.29) is 12.7 Å². The van der Waals surface area contributed by atoms with Crippen LogP contribution in [0.5, 0.6) is 0 Å². The van der Waals surface area contributed by atoms with E-state index in [1.807, 2.05) is 62.4 Å². The molecule has 4 aromatic rings. The van der Waals surface area contributed by atoms with E-state index in [2.05, 4.69) is 4.98 Å². The first-order valence-corrected chi connectivity index (χ1v) is 12.2. The van der Waals surface area contributed by atoms with Crippen molar-refractivity contribution in [3.8, 4) is 0 Å². The molecule has 6 nitrogen and oxygen atoms in total. The maximum atomic E-state index is 12.9. The molecule has 0 bridgehead atoms. The molecule has 1 aliphatic heterocycles. The number of aryl methyl sites for hydroxylation is 2. The van der Waals surface area contributed by atoms with Crippen molar-refractivity contribution >= 4 is 34.4 Å². The van der Waals surface area contributed by atoms with Gasteiger partial charge in [-0.25, -0.2) is 9.59 Å². The summed E-state index contributed by atoms with van der Waals surface area (Å²) in [5, 5.41) is 1.63. The predicted octanol–water partition coefficient (Wildman–Crippen LogP) is 6.35. The van der Waals surface area contributed by atoms with E-state index in [1.165, 1.54) is 0 Å². The molecule has 1 aromatic heterocycles. The van der Waals surface area contributed by atoms with E-state index in [9.17, 15) is 9.59 Å². The molecular formula is C29H26ClNO5. The average Bonchev–Trinajstić information content (AvgIpc) is 3.47. The molecule has 1 fully saturated rings. The van der Waals surface area contributed by atoms with Gasteiger partial charge in [0.2, 0.25) is 0 Å². The van der Waals surface area contributed by atoms with Gasteiger partial charge in [0, 0.05) is 22.7 Å². The van der Waals surface area contributed by atoms with Gasteiger partial charge < -0.3 is 19.2 Å². The fourth-order valence-electron chi connectivity index (χ4n) is 4.31. The maximum absolute atomic E-state index is 12.9. The van der Waals surface area contributed by atoms with Crippen molar-refractivity contribution in [2.75, 3.05) is 6.61 Å². The monoisotopic (exact) mass is 503 g/mol. The van der Waals surface area contributed by atoms with Crippen LogP contribution >= 0.6 is 11.6 Å². The molecule has 5 rings (SSSR count). The largest absolute Gasteiger partial charge is 0.459 e. The van der Waals surface area contributed by atoms with Crippen LogP contribution in [0.15, 0.2) is 72.8 Å². The van der Waals surface area contributed by atoms with Crippen molar-refractivity contribution < 1.29 is 23.8 Å². The Labute approximate surface area is 214 Å². The Morgan fingerprint density at radius 3 is 2.22 bits per heavy atom. The average molecular weight is 504 g/mol. The lowest BCUT2D eigenvalue weighted by Crippen LogP contribution is -2.32. The van der Waals surface area contributed by atoms with Crippen LogP contribution in [0.25, 0.3) is 10.9 Å². The molecule has 1 aliphatic rings. The predicted molar refractivity (Wildman–Crippen MR) is 137 cm³/mol. The smallest absolute Gasteiger partial charge is 0.338 e. The van der Waals surface area contributed by atoms with Crippen LogP contribution in [-0.4, -0.2) is 35.7 Å². The lowest BCUT2D eigenvalue weighted by atomic mass is 10.1. The van der Waals surface area contributed by atoms with Gasteiger partial charge in [0.05, 0.1) is 11.1 Å². The normalized spacial score (nSPS) is 19.4. The van der Waals surface area contributed by atoms with Gasteiger partial charge in [-0.05, 0) is 61.7 Å². The Balaban J connectivity index is 1.34. The van der Waals surface area contributed by atoms with Crippen LogP contribution in [0, 0.1) is 13.8 Å². The third-order valence-electron chi connectivity index (χ3n) is 6.36. The Morgan fingerprint density at radius 1 is 0.917 bits per heavy atom. The van der Waals surface area contributed by atoms with E-state index in [0.717, 1.165) is 27.7 Å². The molecule has 0 radical (unpaired) electrons. The number of H-pyrrole nitrogens is 1. The highest BCUT2D eigenvalue weighted by molar-refractivity contribution is 6.31. The van der Waals surface area contributed by atoms with Crippen LogP contribution < -0.4 is 0 Å². The number of hydrogen-bond acceptors (Lipinski definition) is 5. The van der Waals surface area contributed by atoms with Gasteiger partial charge >= 0.3 is 11.9 Å². The summed E-state index contributed by atoms with van der Waals surface area (Å²) in [6.45, 7) is 3.87. The molecule has 2 heterocycles. The summed E-state index contributed by atoms with van der Waals surface area (Å²) in [6.07, 6.45) is -1.15. The summed E-state index contributed by atoms with van der Waals surface area (Å²) >= 11 is 6.13. The summed E-state index contributed by atoms with van der Waals surface area (Å²) in [4.78, 5) is 28.8. The molecule has 0 aliphatic carbocycles. The number of benzene rings is 3. The first kappa shape index (κ1) is 24.1. The zero-order valence-electron chi connectivity index (χ0n) is 20.0. The number of hydrogen-bond donors (Lipinski definition) is 1. The van der Waals surface area contributed by atoms with E-state index >= 15 is 0 Å². The van der Waals surface area contributed by atoms with Crippen molar-refractivity contribution in [3.05, 3.63) is 106 Å². The van der Waals surface area contributed by atoms with E-state index in [1.54, 1.807) is 24.3 Å². The first-order valence-electron chi connectivity index (χ1n) is 11.8. The van der Waals surface area contributed by atoms with Crippen LogP contribution in [0.3, 0.4) is 0 Å². The second-order valence-electron chi connectivity index (χ2n) is 9.13. The number of carbonyl (C=O) groups is 2. The summed E-state index contributed by atoms with van der Waals surface area (Å²) in [5.74, 6) is -0.895. The molecule has 1 saturated heterocycles. The highest BCUT2D eigenvalue weighted by Crippen LogP contribution is 2.36. The first-order chi connectivity index (χ1) is 17.4. The molecule has 7 heteroatoms. The highest BCUT2D eigenvalue weighted by atomic mass is 35.5. The van der Waals surface area contributed by atoms with Gasteiger partial charge in [0.1, 0.15) is 24.9 Å². The molecule has 0 amide bonds. The Hall–Kier alpha value is -3.61. The zero-order chi connectivity index (χ0) is 25.2. The fourth-order valence-corrected chi connectivity index (χ4v) is 4.48. The van der Waals surface area contributed by atoms with Crippen molar-refractivity contribution in [3.63, 3.8) is 0 Å². The number of aromatic amines is 1. The van der Waals surface area contributed by atoms with Gasteiger partial charge in [-0.2, -0.15) is 0 Å². The number of nitrogens with one attached hydrogen (secondary N) is 1. The summed E-state index contributed by atoms with van der Waals surface area (Å²) in [5.41, 5.74) is 4.75. The highest BCUT2D eigenvalue weighted by Gasteiger charge is 2.40. The van der Waals surface area contributed by atoms with Gasteiger partial charge in [0.25, 0.3) is 0 Å². The second-order valence-corrected chi connectivity index (χ2v) is 9.57. The number of esters is 2. The fraction of sp³-hybridized carbons (Fsp3) is 0.241. The summed E-state index contributed by atoms with van der Waals surface area (Å²) in [7, 11) is 0. The van der Waals surface area contributed by atoms with E-state index < -0.39 is 24.1 Å². The van der Waals surface area contributed by atoms with Crippen LogP contribution in [0.2, 0.25) is 5.02 Å². The lowest BCUT2D eigenvalue weighted by Gasteiger charge is -2.19. The maximum Gasteiger partial charge on any atom is 0.338 e. The number of carbonyl (C=O) groups excluding carboxylic acids is 2. The SMILES string of the molecule is Cc1ccc(C(=O)OC[C@H]2O[C@@H](c3cc4ccc(Cl)cc4[nH]3)C[C@@H]2OC(=O)c2ccc(C)cc2)cc1. The van der Waals surface area contributed by atoms with Gasteiger partial charge in [-0.3, -0.25) is 0 Å². The third kappa shape index (κ3) is 5.30. The van der Waals surface area contributed by atoms with E-state index in [0.29, 0.717) is 22.6 Å². The molecule has 0 unspecified atom stereocenters. The van der Waals surface area contributed by atoms with Crippen molar-refractivity contribution in [2.45, 2.75) is 38.6 Å². The Morgan fingerprint density at radius 2 is 1.56 bits per heavy atom. The van der Waals surface area contributed by atoms with E-state index in [4.69, 9.17) is 25.8 Å². The Bertz CT molecular complexity index is 1390. The molecule has 3 aromatic carbocycles. The minimum atomic E-state index is -0.617. The second kappa shape index (κ2) is 10.2.